The number of rotatable bonds is 3. The van der Waals surface area contributed by atoms with Crippen molar-refractivity contribution in [3.63, 3.8) is 0 Å². The van der Waals surface area contributed by atoms with Gasteiger partial charge in [0.15, 0.2) is 0 Å². The molecule has 26 heavy (non-hydrogen) atoms. The zero-order chi connectivity index (χ0) is 18.1. The zero-order valence-corrected chi connectivity index (χ0v) is 16.1. The maximum atomic E-state index is 12.7. The molecule has 0 bridgehead atoms. The highest BCUT2D eigenvalue weighted by atomic mass is 35.5. The van der Waals surface area contributed by atoms with Crippen LogP contribution in [0.1, 0.15) is 54.9 Å². The highest BCUT2D eigenvalue weighted by molar-refractivity contribution is 6.22. The number of carbonyl (C=O) groups excluding carboxylic acids is 1. The Morgan fingerprint density at radius 2 is 2.12 bits per heavy atom. The molecule has 0 N–H and O–H groups in total. The molecule has 0 radical (unpaired) electrons. The fourth-order valence-corrected chi connectivity index (χ4v) is 4.40. The summed E-state index contributed by atoms with van der Waals surface area (Å²) in [5, 5.41) is 0.113. The molecule has 0 aromatic heterocycles. The predicted molar refractivity (Wildman–Crippen MR) is 105 cm³/mol. The first-order chi connectivity index (χ1) is 12.5. The lowest BCUT2D eigenvalue weighted by Gasteiger charge is -2.27. The zero-order valence-electron chi connectivity index (χ0n) is 15.3. The van der Waals surface area contributed by atoms with Gasteiger partial charge in [-0.05, 0) is 44.2 Å². The first kappa shape index (κ1) is 17.7. The minimum absolute atomic E-state index is 0.0582. The summed E-state index contributed by atoms with van der Waals surface area (Å²) in [4.78, 5) is 14.7. The van der Waals surface area contributed by atoms with Crippen LogP contribution in [0.4, 0.5) is 0 Å². The fourth-order valence-electron chi connectivity index (χ4n) is 4.23. The molecule has 3 nitrogen and oxygen atoms in total. The smallest absolute Gasteiger partial charge is 0.253 e. The van der Waals surface area contributed by atoms with E-state index in [0.717, 1.165) is 50.1 Å². The van der Waals surface area contributed by atoms with E-state index in [1.807, 2.05) is 17.0 Å². The first-order valence-electron chi connectivity index (χ1n) is 9.63. The molecule has 2 atom stereocenters. The number of allylic oxidation sites excluding steroid dienone is 4. The molecule has 2 unspecified atom stereocenters. The number of fused-ring (bicyclic) bond motifs is 1. The second-order valence-electron chi connectivity index (χ2n) is 7.98. The van der Waals surface area contributed by atoms with Gasteiger partial charge in [0, 0.05) is 29.6 Å². The van der Waals surface area contributed by atoms with Gasteiger partial charge in [-0.15, -0.1) is 11.6 Å². The fraction of sp³-hybridized carbons (Fsp3) is 0.500. The van der Waals surface area contributed by atoms with Crippen LogP contribution in [0.3, 0.4) is 0 Å². The number of benzene rings is 1. The average Bonchev–Trinajstić information content (AvgIpc) is 3.00. The van der Waals surface area contributed by atoms with Crippen LogP contribution in [0.2, 0.25) is 0 Å². The molecule has 138 valence electrons. The van der Waals surface area contributed by atoms with E-state index in [2.05, 4.69) is 31.2 Å². The topological polar surface area (TPSA) is 29.5 Å². The van der Waals surface area contributed by atoms with E-state index in [1.165, 1.54) is 17.6 Å². The van der Waals surface area contributed by atoms with Gasteiger partial charge in [-0.1, -0.05) is 36.8 Å². The lowest BCUT2D eigenvalue weighted by atomic mass is 9.78. The minimum atomic E-state index is -0.0582. The summed E-state index contributed by atoms with van der Waals surface area (Å²) >= 11 is 6.13. The SMILES string of the molecule is CC1(CC2=CCC(Cl)C=C2)COc2cc(C(=O)N3CCCCC3)ccc21. The van der Waals surface area contributed by atoms with Crippen molar-refractivity contribution in [2.45, 2.75) is 49.8 Å². The number of hydrogen-bond donors (Lipinski definition) is 0. The van der Waals surface area contributed by atoms with Crippen molar-refractivity contribution < 1.29 is 9.53 Å². The van der Waals surface area contributed by atoms with Crippen LogP contribution < -0.4 is 4.74 Å². The van der Waals surface area contributed by atoms with E-state index in [4.69, 9.17) is 16.3 Å². The Labute approximate surface area is 160 Å². The number of amides is 1. The third-order valence-corrected chi connectivity index (χ3v) is 6.11. The molecule has 1 fully saturated rings. The van der Waals surface area contributed by atoms with Crippen LogP contribution in [-0.2, 0) is 5.41 Å². The molecule has 2 aliphatic heterocycles. The van der Waals surface area contributed by atoms with Crippen molar-refractivity contribution in [2.75, 3.05) is 19.7 Å². The van der Waals surface area contributed by atoms with E-state index >= 15 is 0 Å². The molecule has 0 spiro atoms. The highest BCUT2D eigenvalue weighted by Gasteiger charge is 2.37. The number of piperidine rings is 1. The summed E-state index contributed by atoms with van der Waals surface area (Å²) in [6, 6.07) is 6.01. The molecule has 1 aliphatic carbocycles. The minimum Gasteiger partial charge on any atom is -0.492 e. The molecule has 1 aromatic rings. The predicted octanol–water partition coefficient (Wildman–Crippen LogP) is 4.85. The van der Waals surface area contributed by atoms with Gasteiger partial charge in [-0.25, -0.2) is 0 Å². The van der Waals surface area contributed by atoms with E-state index in [9.17, 15) is 4.79 Å². The second-order valence-corrected chi connectivity index (χ2v) is 8.54. The summed E-state index contributed by atoms with van der Waals surface area (Å²) in [6.45, 7) is 4.64. The van der Waals surface area contributed by atoms with Gasteiger partial charge < -0.3 is 9.64 Å². The maximum Gasteiger partial charge on any atom is 0.253 e. The largest absolute Gasteiger partial charge is 0.492 e. The van der Waals surface area contributed by atoms with E-state index in [-0.39, 0.29) is 16.7 Å². The lowest BCUT2D eigenvalue weighted by molar-refractivity contribution is 0.0724. The van der Waals surface area contributed by atoms with Gasteiger partial charge in [0.25, 0.3) is 5.91 Å². The molecule has 0 saturated carbocycles. The number of halogens is 1. The Bertz CT molecular complexity index is 763. The normalized spacial score (nSPS) is 27.7. The van der Waals surface area contributed by atoms with Crippen molar-refractivity contribution in [3.8, 4) is 5.75 Å². The Balaban J connectivity index is 1.52. The number of hydrogen-bond acceptors (Lipinski definition) is 2. The first-order valence-corrected chi connectivity index (χ1v) is 10.1. The molecular formula is C22H26ClNO2. The summed E-state index contributed by atoms with van der Waals surface area (Å²) in [6.07, 6.45) is 11.7. The standard InChI is InChI=1S/C22H26ClNO2/c1-22(14-16-5-8-18(23)9-6-16)15-26-20-13-17(7-10-19(20)22)21(25)24-11-3-2-4-12-24/h5-8,10,13,18H,2-4,9,11-12,14-15H2,1H3. The number of ether oxygens (including phenoxy) is 1. The van der Waals surface area contributed by atoms with Gasteiger partial charge in [-0.3, -0.25) is 4.79 Å². The van der Waals surface area contributed by atoms with E-state index in [0.29, 0.717) is 6.61 Å². The Morgan fingerprint density at radius 1 is 1.31 bits per heavy atom. The summed E-state index contributed by atoms with van der Waals surface area (Å²) in [7, 11) is 0. The molecule has 1 aromatic carbocycles. The van der Waals surface area contributed by atoms with Crippen molar-refractivity contribution in [2.24, 2.45) is 0 Å². The molecule has 4 rings (SSSR count). The van der Waals surface area contributed by atoms with Crippen LogP contribution in [0.15, 0.2) is 42.0 Å². The average molecular weight is 372 g/mol. The Morgan fingerprint density at radius 3 is 2.85 bits per heavy atom. The van der Waals surface area contributed by atoms with Crippen molar-refractivity contribution in [1.29, 1.82) is 0 Å². The monoisotopic (exact) mass is 371 g/mol. The number of alkyl halides is 1. The van der Waals surface area contributed by atoms with E-state index < -0.39 is 0 Å². The van der Waals surface area contributed by atoms with Gasteiger partial charge in [0.2, 0.25) is 0 Å². The quantitative estimate of drug-likeness (QED) is 0.711. The van der Waals surface area contributed by atoms with Gasteiger partial charge in [0.05, 0.1) is 12.0 Å². The van der Waals surface area contributed by atoms with Gasteiger partial charge >= 0.3 is 0 Å². The molecule has 1 saturated heterocycles. The van der Waals surface area contributed by atoms with Crippen LogP contribution in [0, 0.1) is 0 Å². The number of carbonyl (C=O) groups is 1. The Kier molecular flexibility index (Phi) is 4.83. The highest BCUT2D eigenvalue weighted by Crippen LogP contribution is 2.43. The summed E-state index contributed by atoms with van der Waals surface area (Å²) in [5.41, 5.74) is 3.21. The maximum absolute atomic E-state index is 12.7. The van der Waals surface area contributed by atoms with Gasteiger partial charge in [0.1, 0.15) is 5.75 Å². The summed E-state index contributed by atoms with van der Waals surface area (Å²) in [5.74, 6) is 1.00. The van der Waals surface area contributed by atoms with Crippen molar-refractivity contribution in [3.05, 3.63) is 53.1 Å². The van der Waals surface area contributed by atoms with Crippen molar-refractivity contribution >= 4 is 17.5 Å². The molecule has 1 amide bonds. The Hall–Kier alpha value is -1.74. The third-order valence-electron chi connectivity index (χ3n) is 5.79. The van der Waals surface area contributed by atoms with E-state index in [1.54, 1.807) is 0 Å². The van der Waals surface area contributed by atoms with Gasteiger partial charge in [-0.2, -0.15) is 0 Å². The van der Waals surface area contributed by atoms with Crippen LogP contribution in [0.25, 0.3) is 0 Å². The summed E-state index contributed by atoms with van der Waals surface area (Å²) < 4.78 is 6.01. The van der Waals surface area contributed by atoms with Crippen LogP contribution >= 0.6 is 11.6 Å². The molecule has 3 aliphatic rings. The number of likely N-dealkylation sites (tertiary alicyclic amines) is 1. The van der Waals surface area contributed by atoms with Crippen molar-refractivity contribution in [1.82, 2.24) is 4.90 Å². The number of nitrogens with zero attached hydrogens (tertiary/aromatic N) is 1. The molecule has 4 heteroatoms. The van der Waals surface area contributed by atoms with Crippen LogP contribution in [0.5, 0.6) is 5.75 Å². The van der Waals surface area contributed by atoms with Crippen LogP contribution in [-0.4, -0.2) is 35.9 Å². The second kappa shape index (κ2) is 7.11. The molecular weight excluding hydrogens is 346 g/mol. The third kappa shape index (κ3) is 3.42. The molecule has 2 heterocycles. The lowest BCUT2D eigenvalue weighted by Crippen LogP contribution is -2.35.